The van der Waals surface area contributed by atoms with E-state index in [1.54, 1.807) is 0 Å². The van der Waals surface area contributed by atoms with E-state index >= 15 is 0 Å². The number of benzene rings is 3. The number of hydrogen-bond acceptors (Lipinski definition) is 3. The average Bonchev–Trinajstić information content (AvgIpc) is 3.66. The Hall–Kier alpha value is -4.18. The quantitative estimate of drug-likeness (QED) is 0.355. The van der Waals surface area contributed by atoms with Crippen molar-refractivity contribution in [3.05, 3.63) is 126 Å². The molecule has 0 N–H and O–H groups in total. The van der Waals surface area contributed by atoms with Gasteiger partial charge in [0.05, 0.1) is 11.8 Å². The van der Waals surface area contributed by atoms with Crippen molar-refractivity contribution >= 4 is 29.0 Å². The van der Waals surface area contributed by atoms with Crippen molar-refractivity contribution in [3.63, 3.8) is 0 Å². The standard InChI is InChI=1S/C34H33N3O/c1-3-25-11-14-28(15-12-25)31-22-29(23-35-31)27-16-18-30(19-17-27)37-24(2)32-10-7-21-36(32)34(38)33(37)20-13-26-8-5-4-6-9-26/h3-6,8-9,11-12,14-19,23,32-33H,1-2,7,10,13,20-22H2. The Labute approximate surface area is 225 Å². The molecule has 2 fully saturated rings. The summed E-state index contributed by atoms with van der Waals surface area (Å²) >= 11 is 0. The largest absolute Gasteiger partial charge is 0.332 e. The third-order valence-corrected chi connectivity index (χ3v) is 8.11. The van der Waals surface area contributed by atoms with Gasteiger partial charge in [-0.1, -0.05) is 86.0 Å². The van der Waals surface area contributed by atoms with E-state index in [2.05, 4.69) is 95.8 Å². The molecular formula is C34H33N3O. The Morgan fingerprint density at radius 1 is 0.947 bits per heavy atom. The molecule has 190 valence electrons. The van der Waals surface area contributed by atoms with Gasteiger partial charge in [0.25, 0.3) is 0 Å². The summed E-state index contributed by atoms with van der Waals surface area (Å²) in [5.41, 5.74) is 9.03. The first-order chi connectivity index (χ1) is 18.6. The zero-order valence-electron chi connectivity index (χ0n) is 21.7. The van der Waals surface area contributed by atoms with Crippen LogP contribution in [0.1, 0.15) is 47.9 Å². The zero-order valence-corrected chi connectivity index (χ0v) is 21.7. The normalized spacial score (nSPS) is 20.8. The molecule has 2 saturated heterocycles. The van der Waals surface area contributed by atoms with Crippen molar-refractivity contribution in [1.29, 1.82) is 0 Å². The van der Waals surface area contributed by atoms with Gasteiger partial charge >= 0.3 is 0 Å². The van der Waals surface area contributed by atoms with Crippen LogP contribution in [0.2, 0.25) is 0 Å². The van der Waals surface area contributed by atoms with Gasteiger partial charge in [-0.3, -0.25) is 9.79 Å². The Kier molecular flexibility index (Phi) is 6.55. The van der Waals surface area contributed by atoms with E-state index in [1.165, 1.54) is 11.1 Å². The molecule has 1 amide bonds. The second kappa shape index (κ2) is 10.3. The first-order valence-electron chi connectivity index (χ1n) is 13.5. The van der Waals surface area contributed by atoms with E-state index in [1.807, 2.05) is 18.3 Å². The molecule has 0 saturated carbocycles. The van der Waals surface area contributed by atoms with Gasteiger partial charge in [0.2, 0.25) is 5.91 Å². The first-order valence-corrected chi connectivity index (χ1v) is 13.5. The smallest absolute Gasteiger partial charge is 0.246 e. The van der Waals surface area contributed by atoms with Gasteiger partial charge < -0.3 is 9.80 Å². The monoisotopic (exact) mass is 499 g/mol. The number of fused-ring (bicyclic) bond motifs is 1. The second-order valence-electron chi connectivity index (χ2n) is 10.4. The Morgan fingerprint density at radius 3 is 2.42 bits per heavy atom. The molecule has 3 aromatic carbocycles. The van der Waals surface area contributed by atoms with Crippen molar-refractivity contribution in [2.45, 2.75) is 44.2 Å². The molecule has 0 aromatic heterocycles. The van der Waals surface area contributed by atoms with Crippen LogP contribution in [0.4, 0.5) is 5.69 Å². The number of anilines is 1. The number of piperazine rings is 1. The van der Waals surface area contributed by atoms with Crippen LogP contribution in [0.15, 0.2) is 109 Å². The summed E-state index contributed by atoms with van der Waals surface area (Å²) in [7, 11) is 0. The maximum atomic E-state index is 13.7. The topological polar surface area (TPSA) is 35.9 Å². The van der Waals surface area contributed by atoms with Crippen molar-refractivity contribution in [3.8, 4) is 0 Å². The van der Waals surface area contributed by atoms with Crippen molar-refractivity contribution in [2.24, 2.45) is 4.99 Å². The van der Waals surface area contributed by atoms with Crippen LogP contribution in [0, 0.1) is 0 Å². The lowest BCUT2D eigenvalue weighted by molar-refractivity contribution is -0.134. The van der Waals surface area contributed by atoms with E-state index in [9.17, 15) is 4.79 Å². The molecule has 2 atom stereocenters. The van der Waals surface area contributed by atoms with E-state index in [0.717, 1.165) is 72.4 Å². The summed E-state index contributed by atoms with van der Waals surface area (Å²) in [5.74, 6) is 0.235. The zero-order chi connectivity index (χ0) is 26.1. The highest BCUT2D eigenvalue weighted by Crippen LogP contribution is 2.38. The Balaban J connectivity index is 1.21. The van der Waals surface area contributed by atoms with Gasteiger partial charge in [-0.05, 0) is 65.6 Å². The number of allylic oxidation sites excluding steroid dienone is 1. The highest BCUT2D eigenvalue weighted by Gasteiger charge is 2.44. The molecule has 4 heteroatoms. The van der Waals surface area contributed by atoms with Crippen molar-refractivity contribution in [2.75, 3.05) is 11.4 Å². The lowest BCUT2D eigenvalue weighted by Gasteiger charge is -2.45. The van der Waals surface area contributed by atoms with E-state index < -0.39 is 0 Å². The van der Waals surface area contributed by atoms with Crippen molar-refractivity contribution < 1.29 is 4.79 Å². The van der Waals surface area contributed by atoms with Gasteiger partial charge in [0.15, 0.2) is 0 Å². The number of aryl methyl sites for hydroxylation is 1. The third-order valence-electron chi connectivity index (χ3n) is 8.11. The SMILES string of the molecule is C=Cc1ccc(C2=NC=C(c3ccc(N4C(=C)C5CCCN5C(=O)C4CCc4ccccc4)cc3)C2)cc1. The van der Waals surface area contributed by atoms with Crippen LogP contribution >= 0.6 is 0 Å². The van der Waals surface area contributed by atoms with Gasteiger partial charge in [-0.15, -0.1) is 0 Å². The lowest BCUT2D eigenvalue weighted by atomic mass is 9.95. The summed E-state index contributed by atoms with van der Waals surface area (Å²) in [4.78, 5) is 22.6. The molecule has 3 aromatic rings. The number of amides is 1. The predicted molar refractivity (Wildman–Crippen MR) is 157 cm³/mol. The van der Waals surface area contributed by atoms with Gasteiger partial charge in [0.1, 0.15) is 6.04 Å². The van der Waals surface area contributed by atoms with E-state index in [-0.39, 0.29) is 18.0 Å². The Bertz CT molecular complexity index is 1420. The minimum Gasteiger partial charge on any atom is -0.332 e. The van der Waals surface area contributed by atoms with Crippen LogP contribution < -0.4 is 4.90 Å². The highest BCUT2D eigenvalue weighted by molar-refractivity contribution is 6.09. The fourth-order valence-corrected chi connectivity index (χ4v) is 6.01. The summed E-state index contributed by atoms with van der Waals surface area (Å²) in [5, 5.41) is 0. The summed E-state index contributed by atoms with van der Waals surface area (Å²) in [6, 6.07) is 27.3. The molecule has 3 aliphatic heterocycles. The number of carbonyl (C=O) groups excluding carboxylic acids is 1. The Morgan fingerprint density at radius 2 is 1.68 bits per heavy atom. The van der Waals surface area contributed by atoms with Crippen LogP contribution in [0.3, 0.4) is 0 Å². The maximum Gasteiger partial charge on any atom is 0.246 e. The first kappa shape index (κ1) is 24.2. The minimum atomic E-state index is -0.234. The molecule has 6 rings (SSSR count). The molecule has 2 unspecified atom stereocenters. The molecular weight excluding hydrogens is 466 g/mol. The van der Waals surface area contributed by atoms with Gasteiger partial charge in [0, 0.05) is 30.5 Å². The molecule has 3 heterocycles. The molecule has 38 heavy (non-hydrogen) atoms. The van der Waals surface area contributed by atoms with E-state index in [4.69, 9.17) is 4.99 Å². The lowest BCUT2D eigenvalue weighted by Crippen LogP contribution is -2.58. The molecule has 0 bridgehead atoms. The fraction of sp³-hybridized carbons (Fsp3) is 0.235. The van der Waals surface area contributed by atoms with Crippen LogP contribution in [0.5, 0.6) is 0 Å². The van der Waals surface area contributed by atoms with Gasteiger partial charge in [-0.2, -0.15) is 0 Å². The average molecular weight is 500 g/mol. The molecule has 0 spiro atoms. The minimum absolute atomic E-state index is 0.108. The number of aliphatic imine (C=N–C) groups is 1. The summed E-state index contributed by atoms with van der Waals surface area (Å²) in [6.45, 7) is 9.18. The van der Waals surface area contributed by atoms with Crippen LogP contribution in [-0.2, 0) is 11.2 Å². The highest BCUT2D eigenvalue weighted by atomic mass is 16.2. The molecule has 0 radical (unpaired) electrons. The van der Waals surface area contributed by atoms with E-state index in [0.29, 0.717) is 0 Å². The van der Waals surface area contributed by atoms with Crippen LogP contribution in [0.25, 0.3) is 11.6 Å². The number of carbonyl (C=O) groups is 1. The molecule has 0 aliphatic carbocycles. The molecule has 3 aliphatic rings. The summed E-state index contributed by atoms with van der Waals surface area (Å²) in [6.07, 6.45) is 8.29. The van der Waals surface area contributed by atoms with Gasteiger partial charge in [-0.25, -0.2) is 0 Å². The number of hydrogen-bond donors (Lipinski definition) is 0. The second-order valence-corrected chi connectivity index (χ2v) is 10.4. The van der Waals surface area contributed by atoms with Crippen LogP contribution in [-0.4, -0.2) is 35.1 Å². The number of nitrogens with zero attached hydrogens (tertiary/aromatic N) is 3. The molecule has 4 nitrogen and oxygen atoms in total. The number of rotatable bonds is 7. The van der Waals surface area contributed by atoms with Crippen molar-refractivity contribution in [1.82, 2.24) is 4.90 Å². The summed E-state index contributed by atoms with van der Waals surface area (Å²) < 4.78 is 0. The third kappa shape index (κ3) is 4.51. The fourth-order valence-electron chi connectivity index (χ4n) is 6.01. The predicted octanol–water partition coefficient (Wildman–Crippen LogP) is 6.89. The maximum absolute atomic E-state index is 13.7.